The summed E-state index contributed by atoms with van der Waals surface area (Å²) in [5, 5.41) is 0. The van der Waals surface area contributed by atoms with Crippen molar-refractivity contribution >= 4 is 11.0 Å². The minimum absolute atomic E-state index is 0.224. The second kappa shape index (κ2) is 3.45. The van der Waals surface area contributed by atoms with Gasteiger partial charge in [0, 0.05) is 11.9 Å². The molecule has 78 valence electrons. The van der Waals surface area contributed by atoms with Crippen LogP contribution in [0.2, 0.25) is 0 Å². The summed E-state index contributed by atoms with van der Waals surface area (Å²) >= 11 is 0. The number of pyridine rings is 1. The molecule has 0 bridgehead atoms. The number of fused-ring (bicyclic) bond motifs is 1. The molecule has 0 radical (unpaired) electrons. The Balaban J connectivity index is 2.15. The van der Waals surface area contributed by atoms with Crippen LogP contribution in [0, 0.1) is 5.82 Å². The van der Waals surface area contributed by atoms with Gasteiger partial charge in [0.15, 0.2) is 0 Å². The third kappa shape index (κ3) is 1.46. The molecule has 0 fully saturated rings. The maximum atomic E-state index is 12.8. The zero-order valence-corrected chi connectivity index (χ0v) is 8.44. The van der Waals surface area contributed by atoms with Crippen molar-refractivity contribution in [1.29, 1.82) is 0 Å². The van der Waals surface area contributed by atoms with E-state index in [9.17, 15) is 4.39 Å². The van der Waals surface area contributed by atoms with E-state index in [1.165, 1.54) is 12.1 Å². The quantitative estimate of drug-likeness (QED) is 0.658. The maximum absolute atomic E-state index is 12.8. The van der Waals surface area contributed by atoms with Crippen LogP contribution in [-0.2, 0) is 0 Å². The Bertz CT molecular complexity index is 593. The molecule has 0 atom stereocenters. The lowest BCUT2D eigenvalue weighted by Gasteiger charge is -1.96. The van der Waals surface area contributed by atoms with Crippen LogP contribution >= 0.6 is 0 Å². The largest absolute Gasteiger partial charge is 0.353 e. The molecule has 0 saturated heterocycles. The van der Waals surface area contributed by atoms with Crippen molar-refractivity contribution in [3.8, 4) is 11.3 Å². The third-order valence-electron chi connectivity index (χ3n) is 2.54. The van der Waals surface area contributed by atoms with E-state index in [0.717, 1.165) is 22.3 Å². The molecule has 0 unspecified atom stereocenters. The van der Waals surface area contributed by atoms with Crippen molar-refractivity contribution in [3.05, 3.63) is 54.5 Å². The Hall–Kier alpha value is -2.16. The SMILES string of the molecule is Fc1ccc(-c2cc3ncccc3[nH]2)cc1. The van der Waals surface area contributed by atoms with Crippen LogP contribution in [0.3, 0.4) is 0 Å². The molecule has 0 spiro atoms. The molecule has 2 heterocycles. The van der Waals surface area contributed by atoms with Gasteiger partial charge in [-0.2, -0.15) is 0 Å². The smallest absolute Gasteiger partial charge is 0.123 e. The van der Waals surface area contributed by atoms with Crippen molar-refractivity contribution in [1.82, 2.24) is 9.97 Å². The predicted molar refractivity (Wildman–Crippen MR) is 61.5 cm³/mol. The van der Waals surface area contributed by atoms with E-state index in [-0.39, 0.29) is 5.82 Å². The lowest BCUT2D eigenvalue weighted by atomic mass is 10.1. The number of aromatic amines is 1. The van der Waals surface area contributed by atoms with Crippen LogP contribution in [0.15, 0.2) is 48.7 Å². The number of hydrogen-bond donors (Lipinski definition) is 1. The molecule has 1 N–H and O–H groups in total. The summed E-state index contributed by atoms with van der Waals surface area (Å²) in [6.07, 6.45) is 1.75. The zero-order chi connectivity index (χ0) is 11.0. The number of benzene rings is 1. The second-order valence-electron chi connectivity index (χ2n) is 3.63. The Labute approximate surface area is 91.8 Å². The fraction of sp³-hybridized carbons (Fsp3) is 0. The number of H-pyrrole nitrogens is 1. The van der Waals surface area contributed by atoms with Crippen molar-refractivity contribution in [2.45, 2.75) is 0 Å². The topological polar surface area (TPSA) is 28.7 Å². The van der Waals surface area contributed by atoms with E-state index in [4.69, 9.17) is 0 Å². The standard InChI is InChI=1S/C13H9FN2/c14-10-5-3-9(4-6-10)12-8-13-11(16-12)2-1-7-15-13/h1-8,16H. The second-order valence-corrected chi connectivity index (χ2v) is 3.63. The Morgan fingerprint density at radius 2 is 1.88 bits per heavy atom. The zero-order valence-electron chi connectivity index (χ0n) is 8.44. The highest BCUT2D eigenvalue weighted by atomic mass is 19.1. The first-order valence-electron chi connectivity index (χ1n) is 5.02. The van der Waals surface area contributed by atoms with Crippen LogP contribution in [-0.4, -0.2) is 9.97 Å². The molecule has 0 amide bonds. The van der Waals surface area contributed by atoms with Gasteiger partial charge in [-0.3, -0.25) is 4.98 Å². The fourth-order valence-electron chi connectivity index (χ4n) is 1.74. The van der Waals surface area contributed by atoms with Crippen molar-refractivity contribution in [2.75, 3.05) is 0 Å². The first kappa shape index (κ1) is 9.09. The average Bonchev–Trinajstić information content (AvgIpc) is 2.73. The van der Waals surface area contributed by atoms with Gasteiger partial charge in [-0.25, -0.2) is 4.39 Å². The summed E-state index contributed by atoms with van der Waals surface area (Å²) in [5.41, 5.74) is 3.82. The summed E-state index contributed by atoms with van der Waals surface area (Å²) in [4.78, 5) is 7.49. The molecule has 16 heavy (non-hydrogen) atoms. The lowest BCUT2D eigenvalue weighted by Crippen LogP contribution is -1.77. The lowest BCUT2D eigenvalue weighted by molar-refractivity contribution is 0.628. The molecule has 0 aliphatic rings. The van der Waals surface area contributed by atoms with Crippen LogP contribution in [0.1, 0.15) is 0 Å². The number of halogens is 1. The van der Waals surface area contributed by atoms with Gasteiger partial charge in [-0.05, 0) is 48.0 Å². The molecule has 0 aliphatic heterocycles. The van der Waals surface area contributed by atoms with Crippen molar-refractivity contribution < 1.29 is 4.39 Å². The molecular weight excluding hydrogens is 203 g/mol. The van der Waals surface area contributed by atoms with Crippen molar-refractivity contribution in [3.63, 3.8) is 0 Å². The van der Waals surface area contributed by atoms with E-state index in [1.807, 2.05) is 18.2 Å². The Morgan fingerprint density at radius 3 is 2.62 bits per heavy atom. The highest BCUT2D eigenvalue weighted by Crippen LogP contribution is 2.22. The molecule has 3 rings (SSSR count). The van der Waals surface area contributed by atoms with Gasteiger partial charge in [0.2, 0.25) is 0 Å². The molecular formula is C13H9FN2. The van der Waals surface area contributed by atoms with E-state index in [2.05, 4.69) is 9.97 Å². The van der Waals surface area contributed by atoms with E-state index < -0.39 is 0 Å². The summed E-state index contributed by atoms with van der Waals surface area (Å²) in [6.45, 7) is 0. The minimum Gasteiger partial charge on any atom is -0.353 e. The minimum atomic E-state index is -0.224. The number of hydrogen-bond acceptors (Lipinski definition) is 1. The molecule has 2 aromatic heterocycles. The van der Waals surface area contributed by atoms with Crippen LogP contribution < -0.4 is 0 Å². The summed E-state index contributed by atoms with van der Waals surface area (Å²) in [6, 6.07) is 12.2. The van der Waals surface area contributed by atoms with Gasteiger partial charge in [-0.1, -0.05) is 0 Å². The van der Waals surface area contributed by atoms with Gasteiger partial charge in [-0.15, -0.1) is 0 Å². The van der Waals surface area contributed by atoms with Crippen LogP contribution in [0.4, 0.5) is 4.39 Å². The van der Waals surface area contributed by atoms with E-state index >= 15 is 0 Å². The predicted octanol–water partition coefficient (Wildman–Crippen LogP) is 3.37. The maximum Gasteiger partial charge on any atom is 0.123 e. The van der Waals surface area contributed by atoms with Crippen LogP contribution in [0.5, 0.6) is 0 Å². The third-order valence-corrected chi connectivity index (χ3v) is 2.54. The summed E-state index contributed by atoms with van der Waals surface area (Å²) in [5.74, 6) is -0.224. The van der Waals surface area contributed by atoms with Gasteiger partial charge in [0.25, 0.3) is 0 Å². The number of rotatable bonds is 1. The summed E-state index contributed by atoms with van der Waals surface area (Å²) < 4.78 is 12.8. The van der Waals surface area contributed by atoms with Crippen LogP contribution in [0.25, 0.3) is 22.3 Å². The normalized spacial score (nSPS) is 10.8. The molecule has 0 aliphatic carbocycles. The number of nitrogens with zero attached hydrogens (tertiary/aromatic N) is 1. The van der Waals surface area contributed by atoms with Gasteiger partial charge in [0.1, 0.15) is 5.82 Å². The highest BCUT2D eigenvalue weighted by Gasteiger charge is 2.03. The first-order chi connectivity index (χ1) is 7.83. The van der Waals surface area contributed by atoms with E-state index in [1.54, 1.807) is 18.3 Å². The first-order valence-corrected chi connectivity index (χ1v) is 5.02. The molecule has 0 saturated carbocycles. The number of aromatic nitrogens is 2. The molecule has 3 aromatic rings. The molecule has 1 aromatic carbocycles. The van der Waals surface area contributed by atoms with Crippen molar-refractivity contribution in [2.24, 2.45) is 0 Å². The Kier molecular flexibility index (Phi) is 1.96. The van der Waals surface area contributed by atoms with E-state index in [0.29, 0.717) is 0 Å². The average molecular weight is 212 g/mol. The molecule has 2 nitrogen and oxygen atoms in total. The molecule has 3 heteroatoms. The summed E-state index contributed by atoms with van der Waals surface area (Å²) in [7, 11) is 0. The fourth-order valence-corrected chi connectivity index (χ4v) is 1.74. The van der Waals surface area contributed by atoms with Gasteiger partial charge in [0.05, 0.1) is 11.0 Å². The monoisotopic (exact) mass is 212 g/mol. The van der Waals surface area contributed by atoms with Gasteiger partial charge >= 0.3 is 0 Å². The van der Waals surface area contributed by atoms with Gasteiger partial charge < -0.3 is 4.98 Å². The highest BCUT2D eigenvalue weighted by molar-refractivity contribution is 5.82. The Morgan fingerprint density at radius 1 is 1.06 bits per heavy atom. The number of nitrogens with one attached hydrogen (secondary N) is 1.